The van der Waals surface area contributed by atoms with Crippen molar-refractivity contribution in [2.24, 2.45) is 0 Å². The first-order valence-corrected chi connectivity index (χ1v) is 24.1. The highest BCUT2D eigenvalue weighted by molar-refractivity contribution is 7.47. The monoisotopic (exact) mass is 801 g/mol. The smallest absolute Gasteiger partial charge is 0.462 e. The number of unbranched alkanes of at least 4 members (excludes halogenated alkanes) is 24. The summed E-state index contributed by atoms with van der Waals surface area (Å²) in [5.74, 6) is -0.809. The Hall–Kier alpha value is -1.51. The molecule has 0 aliphatic carbocycles. The van der Waals surface area contributed by atoms with Crippen molar-refractivity contribution in [3.8, 4) is 0 Å². The molecule has 0 saturated heterocycles. The van der Waals surface area contributed by atoms with Gasteiger partial charge in [0.25, 0.3) is 0 Å². The van der Waals surface area contributed by atoms with Crippen LogP contribution in [0.1, 0.15) is 200 Å². The van der Waals surface area contributed by atoms with Crippen LogP contribution < -0.4 is 0 Å². The van der Waals surface area contributed by atoms with Crippen LogP contribution in [0.4, 0.5) is 0 Å². The number of phosphoric acid groups is 1. The van der Waals surface area contributed by atoms with E-state index in [0.717, 1.165) is 57.8 Å². The SMILES string of the molecule is CCCCCC/C=C/C=C/CCCCCCCC(=O)O[C@H](COC(=O)CCCCCCCCCCCCCCCCCC)COP(=O)(O)OCC[N+](C)(C)C. The van der Waals surface area contributed by atoms with E-state index in [1.54, 1.807) is 0 Å². The van der Waals surface area contributed by atoms with Crippen molar-refractivity contribution in [2.45, 2.75) is 206 Å². The molecule has 0 heterocycles. The Bertz CT molecular complexity index is 996. The van der Waals surface area contributed by atoms with Gasteiger partial charge in [-0.1, -0.05) is 173 Å². The molecule has 1 N–H and O–H groups in total. The summed E-state index contributed by atoms with van der Waals surface area (Å²) in [6.07, 6.45) is 40.7. The molecule has 324 valence electrons. The molecule has 0 aromatic rings. The van der Waals surface area contributed by atoms with Gasteiger partial charge < -0.3 is 18.9 Å². The van der Waals surface area contributed by atoms with E-state index in [0.29, 0.717) is 17.4 Å². The average molecular weight is 801 g/mol. The number of nitrogens with zero attached hydrogens (tertiary/aromatic N) is 1. The summed E-state index contributed by atoms with van der Waals surface area (Å²) >= 11 is 0. The maximum atomic E-state index is 12.7. The Labute approximate surface area is 339 Å². The third kappa shape index (κ3) is 41.9. The first-order valence-electron chi connectivity index (χ1n) is 22.6. The molecule has 1 unspecified atom stereocenters. The third-order valence-electron chi connectivity index (χ3n) is 9.76. The van der Waals surface area contributed by atoms with Crippen molar-refractivity contribution >= 4 is 19.8 Å². The zero-order valence-electron chi connectivity index (χ0n) is 36.4. The second-order valence-corrected chi connectivity index (χ2v) is 17.9. The molecule has 0 aliphatic heterocycles. The maximum Gasteiger partial charge on any atom is 0.472 e. The van der Waals surface area contributed by atoms with Crippen LogP contribution in [-0.2, 0) is 32.7 Å². The standard InChI is InChI=1S/C45H86NO8P/c1-6-8-10-12-14-16-18-20-22-24-25-27-29-31-33-35-37-44(47)51-41-43(42-53-55(49,50)52-40-39-46(3,4)5)54-45(48)38-36-34-32-30-28-26-23-21-19-17-15-13-11-9-7-2/h17,19,21,23,43H,6-16,18,20,22,24-42H2,1-5H3/p+1/b19-17+,23-21+/t43-/m1/s1. The summed E-state index contributed by atoms with van der Waals surface area (Å²) in [4.78, 5) is 35.4. The molecule has 0 radical (unpaired) electrons. The highest BCUT2D eigenvalue weighted by atomic mass is 31.2. The summed E-state index contributed by atoms with van der Waals surface area (Å²) in [6, 6.07) is 0. The van der Waals surface area contributed by atoms with E-state index in [-0.39, 0.29) is 32.0 Å². The number of likely N-dealkylation sites (N-methyl/N-ethyl adjacent to an activating group) is 1. The molecule has 2 atom stereocenters. The second-order valence-electron chi connectivity index (χ2n) is 16.5. The Kier molecular flexibility index (Phi) is 37.0. The quantitative estimate of drug-likeness (QED) is 0.0214. The molecule has 0 aliphatic rings. The van der Waals surface area contributed by atoms with Crippen molar-refractivity contribution < 1.29 is 42.1 Å². The lowest BCUT2D eigenvalue weighted by atomic mass is 10.0. The van der Waals surface area contributed by atoms with Gasteiger partial charge in [0.1, 0.15) is 19.8 Å². The number of carbonyl (C=O) groups excluding carboxylic acids is 2. The zero-order valence-corrected chi connectivity index (χ0v) is 37.3. The van der Waals surface area contributed by atoms with Crippen LogP contribution in [0.3, 0.4) is 0 Å². The van der Waals surface area contributed by atoms with E-state index in [2.05, 4.69) is 38.2 Å². The summed E-state index contributed by atoms with van der Waals surface area (Å²) < 4.78 is 34.3. The molecule has 0 saturated carbocycles. The maximum absolute atomic E-state index is 12.7. The van der Waals surface area contributed by atoms with E-state index >= 15 is 0 Å². The summed E-state index contributed by atoms with van der Waals surface area (Å²) in [7, 11) is 1.47. The van der Waals surface area contributed by atoms with Crippen molar-refractivity contribution in [2.75, 3.05) is 47.5 Å². The van der Waals surface area contributed by atoms with Crippen molar-refractivity contribution in [3.63, 3.8) is 0 Å². The van der Waals surface area contributed by atoms with Gasteiger partial charge in [0.2, 0.25) is 0 Å². The van der Waals surface area contributed by atoms with Crippen molar-refractivity contribution in [1.29, 1.82) is 0 Å². The molecule has 0 fully saturated rings. The van der Waals surface area contributed by atoms with Gasteiger partial charge in [0.15, 0.2) is 6.10 Å². The molecule has 0 amide bonds. The van der Waals surface area contributed by atoms with E-state index < -0.39 is 26.5 Å². The Morgan fingerprint density at radius 1 is 0.564 bits per heavy atom. The van der Waals surface area contributed by atoms with Crippen LogP contribution in [0, 0.1) is 0 Å². The van der Waals surface area contributed by atoms with Gasteiger partial charge >= 0.3 is 19.8 Å². The molecule has 55 heavy (non-hydrogen) atoms. The number of rotatable bonds is 41. The Morgan fingerprint density at radius 3 is 1.42 bits per heavy atom. The van der Waals surface area contributed by atoms with Gasteiger partial charge in [0.05, 0.1) is 27.7 Å². The molecule has 9 nitrogen and oxygen atoms in total. The van der Waals surface area contributed by atoms with Crippen LogP contribution in [0.2, 0.25) is 0 Å². The summed E-state index contributed by atoms with van der Waals surface area (Å²) in [6.45, 7) is 4.40. The van der Waals surface area contributed by atoms with Gasteiger partial charge in [-0.2, -0.15) is 0 Å². The van der Waals surface area contributed by atoms with Gasteiger partial charge in [-0.15, -0.1) is 0 Å². The molecule has 0 bridgehead atoms. The van der Waals surface area contributed by atoms with Crippen molar-refractivity contribution in [3.05, 3.63) is 24.3 Å². The number of hydrogen-bond donors (Lipinski definition) is 1. The average Bonchev–Trinajstić information content (AvgIpc) is 3.13. The van der Waals surface area contributed by atoms with Crippen LogP contribution in [0.5, 0.6) is 0 Å². The van der Waals surface area contributed by atoms with E-state index in [9.17, 15) is 19.0 Å². The Morgan fingerprint density at radius 2 is 0.964 bits per heavy atom. The first-order chi connectivity index (χ1) is 26.5. The molecular weight excluding hydrogens is 713 g/mol. The minimum atomic E-state index is -4.37. The van der Waals surface area contributed by atoms with Gasteiger partial charge in [-0.25, -0.2) is 4.57 Å². The largest absolute Gasteiger partial charge is 0.472 e. The number of esters is 2. The van der Waals surface area contributed by atoms with Crippen LogP contribution in [0.15, 0.2) is 24.3 Å². The van der Waals surface area contributed by atoms with Gasteiger partial charge in [-0.3, -0.25) is 18.6 Å². The second kappa shape index (κ2) is 38.0. The number of hydrogen-bond acceptors (Lipinski definition) is 7. The topological polar surface area (TPSA) is 108 Å². The fourth-order valence-corrected chi connectivity index (χ4v) is 6.92. The highest BCUT2D eigenvalue weighted by Crippen LogP contribution is 2.43. The number of ether oxygens (including phenoxy) is 2. The lowest BCUT2D eigenvalue weighted by molar-refractivity contribution is -0.870. The van der Waals surface area contributed by atoms with Crippen LogP contribution >= 0.6 is 7.82 Å². The number of allylic oxidation sites excluding steroid dienone is 4. The highest BCUT2D eigenvalue weighted by Gasteiger charge is 2.27. The minimum absolute atomic E-state index is 0.0303. The molecule has 0 spiro atoms. The minimum Gasteiger partial charge on any atom is -0.462 e. The number of carbonyl (C=O) groups is 2. The van der Waals surface area contributed by atoms with E-state index in [1.165, 1.54) is 109 Å². The predicted molar refractivity (Wildman–Crippen MR) is 229 cm³/mol. The number of phosphoric ester groups is 1. The zero-order chi connectivity index (χ0) is 40.7. The number of quaternary nitrogens is 1. The summed E-state index contributed by atoms with van der Waals surface area (Å²) in [5, 5.41) is 0. The molecule has 10 heteroatoms. The van der Waals surface area contributed by atoms with Crippen molar-refractivity contribution in [1.82, 2.24) is 0 Å². The molecule has 0 rings (SSSR count). The lowest BCUT2D eigenvalue weighted by Crippen LogP contribution is -2.37. The fourth-order valence-electron chi connectivity index (χ4n) is 6.18. The Balaban J connectivity index is 4.35. The van der Waals surface area contributed by atoms with Crippen LogP contribution in [0.25, 0.3) is 0 Å². The molecule has 0 aromatic carbocycles. The fraction of sp³-hybridized carbons (Fsp3) is 0.867. The lowest BCUT2D eigenvalue weighted by Gasteiger charge is -2.24. The van der Waals surface area contributed by atoms with Gasteiger partial charge in [0, 0.05) is 12.8 Å². The molecular formula is C45H87NO8P+. The van der Waals surface area contributed by atoms with E-state index in [1.807, 2.05) is 21.1 Å². The predicted octanol–water partition coefficient (Wildman–Crippen LogP) is 12.7. The summed E-state index contributed by atoms with van der Waals surface area (Å²) in [5.41, 5.74) is 0. The van der Waals surface area contributed by atoms with E-state index in [4.69, 9.17) is 18.5 Å². The van der Waals surface area contributed by atoms with Crippen LogP contribution in [-0.4, -0.2) is 74.9 Å². The third-order valence-corrected chi connectivity index (χ3v) is 10.7. The molecule has 0 aromatic heterocycles. The first kappa shape index (κ1) is 53.5. The normalized spacial score (nSPS) is 13.8. The van der Waals surface area contributed by atoms with Gasteiger partial charge in [-0.05, 0) is 38.5 Å².